The molecule has 1 atom stereocenters. The van der Waals surface area contributed by atoms with Crippen molar-refractivity contribution in [1.29, 1.82) is 0 Å². The van der Waals surface area contributed by atoms with Crippen LogP contribution in [0.3, 0.4) is 0 Å². The predicted octanol–water partition coefficient (Wildman–Crippen LogP) is 2.72. The van der Waals surface area contributed by atoms with E-state index in [0.29, 0.717) is 17.0 Å². The summed E-state index contributed by atoms with van der Waals surface area (Å²) in [6, 6.07) is 9.93. The summed E-state index contributed by atoms with van der Waals surface area (Å²) in [5.74, 6) is 0.345. The Labute approximate surface area is 127 Å². The molecule has 22 heavy (non-hydrogen) atoms. The van der Waals surface area contributed by atoms with Gasteiger partial charge in [0.25, 0.3) is 0 Å². The van der Waals surface area contributed by atoms with Crippen LogP contribution < -0.4 is 5.32 Å². The van der Waals surface area contributed by atoms with Gasteiger partial charge in [0, 0.05) is 5.56 Å². The van der Waals surface area contributed by atoms with E-state index in [-0.39, 0.29) is 18.5 Å². The standard InChI is InChI=1S/C16H17FN4O/c1-2-13(10-22)19-15-6-7-16-18-9-14(21(16)20-15)11-4-3-5-12(17)8-11/h3-9,13,22H,2,10H2,1H3,(H,19,20). The Morgan fingerprint density at radius 3 is 2.91 bits per heavy atom. The average Bonchev–Trinajstić information content (AvgIpc) is 2.95. The number of nitrogens with zero attached hydrogens (tertiary/aromatic N) is 3. The van der Waals surface area contributed by atoms with Gasteiger partial charge in [0.1, 0.15) is 11.6 Å². The number of imidazole rings is 1. The van der Waals surface area contributed by atoms with Crippen LogP contribution in [-0.4, -0.2) is 32.4 Å². The number of benzene rings is 1. The lowest BCUT2D eigenvalue weighted by Gasteiger charge is -2.14. The van der Waals surface area contributed by atoms with Crippen LogP contribution >= 0.6 is 0 Å². The van der Waals surface area contributed by atoms with Crippen LogP contribution in [0.1, 0.15) is 13.3 Å². The Morgan fingerprint density at radius 1 is 1.32 bits per heavy atom. The molecule has 1 unspecified atom stereocenters. The highest BCUT2D eigenvalue weighted by molar-refractivity contribution is 5.63. The van der Waals surface area contributed by atoms with Crippen LogP contribution in [0, 0.1) is 5.82 Å². The van der Waals surface area contributed by atoms with E-state index in [1.165, 1.54) is 12.1 Å². The van der Waals surface area contributed by atoms with Crippen molar-refractivity contribution in [2.45, 2.75) is 19.4 Å². The van der Waals surface area contributed by atoms with Crippen LogP contribution in [0.5, 0.6) is 0 Å². The topological polar surface area (TPSA) is 62.5 Å². The lowest BCUT2D eigenvalue weighted by molar-refractivity contribution is 0.271. The van der Waals surface area contributed by atoms with Crippen molar-refractivity contribution in [1.82, 2.24) is 14.6 Å². The number of halogens is 1. The zero-order chi connectivity index (χ0) is 15.5. The number of aliphatic hydroxyl groups is 1. The molecule has 2 heterocycles. The molecule has 1 aromatic carbocycles. The fraction of sp³-hybridized carbons (Fsp3) is 0.250. The molecule has 0 fully saturated rings. The number of aromatic nitrogens is 3. The monoisotopic (exact) mass is 300 g/mol. The van der Waals surface area contributed by atoms with Crippen molar-refractivity contribution in [2.24, 2.45) is 0 Å². The molecule has 0 aliphatic carbocycles. The molecule has 0 spiro atoms. The Kier molecular flexibility index (Phi) is 4.02. The molecule has 3 aromatic rings. The minimum Gasteiger partial charge on any atom is -0.394 e. The van der Waals surface area contributed by atoms with E-state index in [4.69, 9.17) is 0 Å². The molecular weight excluding hydrogens is 283 g/mol. The Balaban J connectivity index is 2.02. The third kappa shape index (κ3) is 2.78. The first-order valence-corrected chi connectivity index (χ1v) is 7.19. The van der Waals surface area contributed by atoms with Crippen molar-refractivity contribution >= 4 is 11.5 Å². The summed E-state index contributed by atoms with van der Waals surface area (Å²) in [6.07, 6.45) is 2.46. The SMILES string of the molecule is CCC(CO)Nc1ccc2ncc(-c3cccc(F)c3)n2n1. The maximum atomic E-state index is 13.4. The molecule has 0 amide bonds. The number of aliphatic hydroxyl groups excluding tert-OH is 1. The molecule has 0 radical (unpaired) electrons. The normalized spacial score (nSPS) is 12.5. The Morgan fingerprint density at radius 2 is 2.18 bits per heavy atom. The summed E-state index contributed by atoms with van der Waals surface area (Å²) >= 11 is 0. The molecule has 0 bridgehead atoms. The third-order valence-electron chi connectivity index (χ3n) is 3.55. The number of anilines is 1. The molecule has 2 aromatic heterocycles. The highest BCUT2D eigenvalue weighted by atomic mass is 19.1. The first-order valence-electron chi connectivity index (χ1n) is 7.19. The van der Waals surface area contributed by atoms with Crippen molar-refractivity contribution in [3.05, 3.63) is 48.4 Å². The average molecular weight is 300 g/mol. The number of hydrogen-bond donors (Lipinski definition) is 2. The van der Waals surface area contributed by atoms with Crippen molar-refractivity contribution < 1.29 is 9.50 Å². The van der Waals surface area contributed by atoms with Gasteiger partial charge in [0.05, 0.1) is 24.5 Å². The number of hydrogen-bond acceptors (Lipinski definition) is 4. The molecule has 5 nitrogen and oxygen atoms in total. The van der Waals surface area contributed by atoms with Crippen LogP contribution in [0.4, 0.5) is 10.2 Å². The first kappa shape index (κ1) is 14.5. The van der Waals surface area contributed by atoms with Gasteiger partial charge in [-0.2, -0.15) is 0 Å². The molecule has 114 valence electrons. The van der Waals surface area contributed by atoms with E-state index < -0.39 is 0 Å². The fourth-order valence-corrected chi connectivity index (χ4v) is 2.28. The van der Waals surface area contributed by atoms with E-state index in [0.717, 1.165) is 12.1 Å². The summed E-state index contributed by atoms with van der Waals surface area (Å²) in [4.78, 5) is 4.29. The Bertz CT molecular complexity index is 783. The van der Waals surface area contributed by atoms with Gasteiger partial charge in [-0.05, 0) is 30.7 Å². The van der Waals surface area contributed by atoms with Gasteiger partial charge in [-0.1, -0.05) is 19.1 Å². The summed E-state index contributed by atoms with van der Waals surface area (Å²) in [7, 11) is 0. The minimum atomic E-state index is -0.298. The minimum absolute atomic E-state index is 0.0386. The van der Waals surface area contributed by atoms with Crippen molar-refractivity contribution in [3.63, 3.8) is 0 Å². The van der Waals surface area contributed by atoms with E-state index in [1.807, 2.05) is 25.1 Å². The second-order valence-corrected chi connectivity index (χ2v) is 5.07. The zero-order valence-electron chi connectivity index (χ0n) is 12.2. The quantitative estimate of drug-likeness (QED) is 0.760. The van der Waals surface area contributed by atoms with Gasteiger partial charge in [-0.15, -0.1) is 5.10 Å². The molecular formula is C16H17FN4O. The smallest absolute Gasteiger partial charge is 0.154 e. The number of rotatable bonds is 5. The van der Waals surface area contributed by atoms with Gasteiger partial charge in [-0.3, -0.25) is 0 Å². The first-order chi connectivity index (χ1) is 10.7. The van der Waals surface area contributed by atoms with E-state index in [9.17, 15) is 9.50 Å². The third-order valence-corrected chi connectivity index (χ3v) is 3.55. The number of fused-ring (bicyclic) bond motifs is 1. The van der Waals surface area contributed by atoms with Crippen molar-refractivity contribution in [2.75, 3.05) is 11.9 Å². The zero-order valence-corrected chi connectivity index (χ0v) is 12.2. The summed E-state index contributed by atoms with van der Waals surface area (Å²) in [5.41, 5.74) is 2.11. The molecule has 0 aliphatic rings. The lowest BCUT2D eigenvalue weighted by atomic mass is 10.2. The highest BCUT2D eigenvalue weighted by Crippen LogP contribution is 2.21. The van der Waals surface area contributed by atoms with Gasteiger partial charge >= 0.3 is 0 Å². The van der Waals surface area contributed by atoms with Gasteiger partial charge in [-0.25, -0.2) is 13.9 Å². The maximum Gasteiger partial charge on any atom is 0.154 e. The molecule has 3 rings (SSSR count). The largest absolute Gasteiger partial charge is 0.394 e. The van der Waals surface area contributed by atoms with Crippen molar-refractivity contribution in [3.8, 4) is 11.3 Å². The van der Waals surface area contributed by atoms with Gasteiger partial charge in [0.15, 0.2) is 5.65 Å². The lowest BCUT2D eigenvalue weighted by Crippen LogP contribution is -2.23. The maximum absolute atomic E-state index is 13.4. The molecule has 0 aliphatic heterocycles. The van der Waals surface area contributed by atoms with Crippen LogP contribution in [-0.2, 0) is 0 Å². The Hall–Kier alpha value is -2.47. The van der Waals surface area contributed by atoms with Crippen LogP contribution in [0.15, 0.2) is 42.6 Å². The fourth-order valence-electron chi connectivity index (χ4n) is 2.28. The second-order valence-electron chi connectivity index (χ2n) is 5.07. The highest BCUT2D eigenvalue weighted by Gasteiger charge is 2.10. The molecule has 6 heteroatoms. The summed E-state index contributed by atoms with van der Waals surface area (Å²) in [5, 5.41) is 16.9. The molecule has 2 N–H and O–H groups in total. The van der Waals surface area contributed by atoms with Gasteiger partial charge < -0.3 is 10.4 Å². The summed E-state index contributed by atoms with van der Waals surface area (Å²) in [6.45, 7) is 2.03. The second kappa shape index (κ2) is 6.11. The van der Waals surface area contributed by atoms with E-state index >= 15 is 0 Å². The van der Waals surface area contributed by atoms with E-state index in [1.54, 1.807) is 16.8 Å². The molecule has 0 saturated carbocycles. The van der Waals surface area contributed by atoms with Crippen LogP contribution in [0.2, 0.25) is 0 Å². The predicted molar refractivity (Wildman–Crippen MR) is 83.2 cm³/mol. The number of nitrogens with one attached hydrogen (secondary N) is 1. The van der Waals surface area contributed by atoms with Crippen LogP contribution in [0.25, 0.3) is 16.9 Å². The van der Waals surface area contributed by atoms with Gasteiger partial charge in [0.2, 0.25) is 0 Å². The van der Waals surface area contributed by atoms with E-state index in [2.05, 4.69) is 15.4 Å². The summed E-state index contributed by atoms with van der Waals surface area (Å²) < 4.78 is 15.1. The molecule has 0 saturated heterocycles.